The third-order valence-corrected chi connectivity index (χ3v) is 6.63. The first kappa shape index (κ1) is 34.8. The summed E-state index contributed by atoms with van der Waals surface area (Å²) in [5.74, 6) is 0. The van der Waals surface area contributed by atoms with Crippen LogP contribution in [0.5, 0.6) is 0 Å². The Morgan fingerprint density at radius 1 is 0.395 bits per heavy atom. The fourth-order valence-corrected chi connectivity index (χ4v) is 4.47. The third-order valence-electron chi connectivity index (χ3n) is 6.63. The summed E-state index contributed by atoms with van der Waals surface area (Å²) < 4.78 is 40.2. The van der Waals surface area contributed by atoms with Crippen molar-refractivity contribution in [2.75, 3.05) is 107 Å². The van der Waals surface area contributed by atoms with Crippen molar-refractivity contribution >= 4 is 0 Å². The SMILES string of the molecule is CN(C)CCOCCOCCOCCOCCOCCOCCOC(c1ccccc1)(c1ccccc1)c1ccccc1. The van der Waals surface area contributed by atoms with Gasteiger partial charge in [-0.15, -0.1) is 0 Å². The highest BCUT2D eigenvalue weighted by atomic mass is 16.6. The van der Waals surface area contributed by atoms with Crippen LogP contribution in [0.25, 0.3) is 0 Å². The molecule has 3 aromatic carbocycles. The Morgan fingerprint density at radius 3 is 0.977 bits per heavy atom. The van der Waals surface area contributed by atoms with Crippen LogP contribution in [0.4, 0.5) is 0 Å². The predicted octanol–water partition coefficient (Wildman–Crippen LogP) is 4.66. The Hall–Kier alpha value is -2.66. The first-order chi connectivity index (χ1) is 21.2. The number of hydrogen-bond donors (Lipinski definition) is 0. The Kier molecular flexibility index (Phi) is 17.8. The molecule has 0 amide bonds. The van der Waals surface area contributed by atoms with Gasteiger partial charge in [0, 0.05) is 6.54 Å². The molecule has 0 aliphatic heterocycles. The van der Waals surface area contributed by atoms with E-state index >= 15 is 0 Å². The zero-order valence-electron chi connectivity index (χ0n) is 25.9. The van der Waals surface area contributed by atoms with E-state index in [0.717, 1.165) is 29.8 Å². The summed E-state index contributed by atoms with van der Waals surface area (Å²) in [4.78, 5) is 2.09. The van der Waals surface area contributed by atoms with Crippen LogP contribution >= 0.6 is 0 Å². The minimum absolute atomic E-state index is 0.428. The zero-order valence-corrected chi connectivity index (χ0v) is 25.9. The van der Waals surface area contributed by atoms with Gasteiger partial charge in [-0.2, -0.15) is 0 Å². The van der Waals surface area contributed by atoms with E-state index in [9.17, 15) is 0 Å². The Balaban J connectivity index is 1.24. The van der Waals surface area contributed by atoms with Crippen molar-refractivity contribution in [3.05, 3.63) is 108 Å². The molecule has 0 aliphatic carbocycles. The quantitative estimate of drug-likeness (QED) is 0.104. The fourth-order valence-electron chi connectivity index (χ4n) is 4.47. The lowest BCUT2D eigenvalue weighted by Crippen LogP contribution is -2.34. The average molecular weight is 596 g/mol. The van der Waals surface area contributed by atoms with Gasteiger partial charge in [-0.25, -0.2) is 0 Å². The van der Waals surface area contributed by atoms with Crippen molar-refractivity contribution in [1.29, 1.82) is 0 Å². The monoisotopic (exact) mass is 595 g/mol. The molecule has 0 aromatic heterocycles. The van der Waals surface area contributed by atoms with Crippen molar-refractivity contribution in [2.45, 2.75) is 5.60 Å². The molecule has 0 fully saturated rings. The highest BCUT2D eigenvalue weighted by Gasteiger charge is 2.37. The van der Waals surface area contributed by atoms with Crippen molar-refractivity contribution in [3.8, 4) is 0 Å². The first-order valence-corrected chi connectivity index (χ1v) is 15.1. The topological polar surface area (TPSA) is 67.9 Å². The molecular weight excluding hydrogens is 546 g/mol. The van der Waals surface area contributed by atoms with Gasteiger partial charge in [-0.1, -0.05) is 91.0 Å². The molecule has 0 heterocycles. The lowest BCUT2D eigenvalue weighted by molar-refractivity contribution is -0.0395. The second-order valence-corrected chi connectivity index (χ2v) is 10.1. The van der Waals surface area contributed by atoms with Gasteiger partial charge in [-0.3, -0.25) is 0 Å². The number of hydrogen-bond acceptors (Lipinski definition) is 8. The highest BCUT2D eigenvalue weighted by molar-refractivity contribution is 5.47. The predicted molar refractivity (Wildman–Crippen MR) is 169 cm³/mol. The van der Waals surface area contributed by atoms with E-state index in [4.69, 9.17) is 33.2 Å². The molecule has 3 aromatic rings. The molecule has 3 rings (SSSR count). The molecule has 0 atom stereocenters. The van der Waals surface area contributed by atoms with Crippen LogP contribution < -0.4 is 0 Å². The number of benzene rings is 3. The molecule has 0 aliphatic rings. The molecule has 0 spiro atoms. The molecule has 236 valence electrons. The van der Waals surface area contributed by atoms with Gasteiger partial charge in [0.25, 0.3) is 0 Å². The summed E-state index contributed by atoms with van der Waals surface area (Å²) in [7, 11) is 4.05. The number of likely N-dealkylation sites (N-methyl/N-ethyl adjacent to an activating group) is 1. The van der Waals surface area contributed by atoms with Gasteiger partial charge < -0.3 is 38.1 Å². The molecule has 0 bridgehead atoms. The largest absolute Gasteiger partial charge is 0.378 e. The Labute approximate surface area is 257 Å². The molecular formula is C35H49NO7. The normalized spacial score (nSPS) is 11.8. The summed E-state index contributed by atoms with van der Waals surface area (Å²) in [6.07, 6.45) is 0. The van der Waals surface area contributed by atoms with E-state index in [-0.39, 0.29) is 0 Å². The van der Waals surface area contributed by atoms with Crippen molar-refractivity contribution in [3.63, 3.8) is 0 Å². The smallest absolute Gasteiger partial charge is 0.143 e. The molecule has 0 N–H and O–H groups in total. The van der Waals surface area contributed by atoms with Gasteiger partial charge in [-0.05, 0) is 30.8 Å². The summed E-state index contributed by atoms with van der Waals surface area (Å²) in [5, 5.41) is 0. The summed E-state index contributed by atoms with van der Waals surface area (Å²) in [6.45, 7) is 7.86. The van der Waals surface area contributed by atoms with Crippen LogP contribution in [-0.2, 0) is 38.8 Å². The van der Waals surface area contributed by atoms with Gasteiger partial charge in [0.05, 0.1) is 85.9 Å². The van der Waals surface area contributed by atoms with E-state index in [1.165, 1.54) is 0 Å². The molecule has 8 heteroatoms. The number of rotatable bonds is 25. The molecule has 8 nitrogen and oxygen atoms in total. The molecule has 0 saturated carbocycles. The summed E-state index contributed by atoms with van der Waals surface area (Å²) in [5.41, 5.74) is 2.49. The average Bonchev–Trinajstić information content (AvgIpc) is 3.05. The number of ether oxygens (including phenoxy) is 7. The molecule has 0 radical (unpaired) electrons. The highest BCUT2D eigenvalue weighted by Crippen LogP contribution is 2.40. The molecule has 0 unspecified atom stereocenters. The van der Waals surface area contributed by atoms with E-state index in [1.54, 1.807) is 0 Å². The Morgan fingerprint density at radius 2 is 0.674 bits per heavy atom. The van der Waals surface area contributed by atoms with E-state index < -0.39 is 5.60 Å². The van der Waals surface area contributed by atoms with Crippen LogP contribution in [0, 0.1) is 0 Å². The zero-order chi connectivity index (χ0) is 30.3. The maximum atomic E-state index is 6.72. The lowest BCUT2D eigenvalue weighted by Gasteiger charge is -2.36. The van der Waals surface area contributed by atoms with E-state index in [1.807, 2.05) is 68.7 Å². The maximum absolute atomic E-state index is 6.72. The van der Waals surface area contributed by atoms with Crippen molar-refractivity contribution in [1.82, 2.24) is 4.90 Å². The van der Waals surface area contributed by atoms with E-state index in [0.29, 0.717) is 79.3 Å². The van der Waals surface area contributed by atoms with Gasteiger partial charge >= 0.3 is 0 Å². The van der Waals surface area contributed by atoms with E-state index in [2.05, 4.69) is 41.3 Å². The maximum Gasteiger partial charge on any atom is 0.143 e. The van der Waals surface area contributed by atoms with Gasteiger partial charge in [0.15, 0.2) is 0 Å². The lowest BCUT2D eigenvalue weighted by atomic mass is 9.80. The summed E-state index contributed by atoms with van der Waals surface area (Å²) >= 11 is 0. The molecule has 0 saturated heterocycles. The first-order valence-electron chi connectivity index (χ1n) is 15.1. The minimum Gasteiger partial charge on any atom is -0.378 e. The molecule has 43 heavy (non-hydrogen) atoms. The standard InChI is InChI=1S/C35H49NO7/c1-36(2)18-19-37-20-21-38-22-23-39-24-25-40-26-27-41-28-29-42-30-31-43-35(32-12-6-3-7-13-32,33-14-8-4-9-15-33)34-16-10-5-11-17-34/h3-17H,18-31H2,1-2H3. The van der Waals surface area contributed by atoms with Crippen molar-refractivity contribution in [2.24, 2.45) is 0 Å². The van der Waals surface area contributed by atoms with Crippen molar-refractivity contribution < 1.29 is 33.2 Å². The van der Waals surface area contributed by atoms with Crippen LogP contribution in [0.15, 0.2) is 91.0 Å². The van der Waals surface area contributed by atoms with Crippen LogP contribution in [0.2, 0.25) is 0 Å². The van der Waals surface area contributed by atoms with Crippen LogP contribution in [0.3, 0.4) is 0 Å². The number of nitrogens with zero attached hydrogens (tertiary/aromatic N) is 1. The summed E-state index contributed by atoms with van der Waals surface area (Å²) in [6, 6.07) is 31.0. The second kappa shape index (κ2) is 21.9. The van der Waals surface area contributed by atoms with Crippen LogP contribution in [-0.4, -0.2) is 111 Å². The van der Waals surface area contributed by atoms with Gasteiger partial charge in [0.1, 0.15) is 5.60 Å². The van der Waals surface area contributed by atoms with Gasteiger partial charge in [0.2, 0.25) is 0 Å². The third kappa shape index (κ3) is 13.3. The van der Waals surface area contributed by atoms with Crippen LogP contribution in [0.1, 0.15) is 16.7 Å². The second-order valence-electron chi connectivity index (χ2n) is 10.1. The minimum atomic E-state index is -0.738. The Bertz CT molecular complexity index is 957. The fraction of sp³-hybridized carbons (Fsp3) is 0.486.